The quantitative estimate of drug-likeness (QED) is 0.820. The van der Waals surface area contributed by atoms with Gasteiger partial charge in [-0.15, -0.1) is 0 Å². The van der Waals surface area contributed by atoms with Crippen LogP contribution >= 0.6 is 15.9 Å². The highest BCUT2D eigenvalue weighted by molar-refractivity contribution is 9.10. The van der Waals surface area contributed by atoms with Crippen molar-refractivity contribution in [3.8, 4) is 0 Å². The summed E-state index contributed by atoms with van der Waals surface area (Å²) in [6.07, 6.45) is 1.98. The molecule has 0 aliphatic carbocycles. The van der Waals surface area contributed by atoms with Crippen molar-refractivity contribution >= 4 is 15.9 Å². The van der Waals surface area contributed by atoms with Crippen LogP contribution in [0.15, 0.2) is 10.7 Å². The highest BCUT2D eigenvalue weighted by atomic mass is 79.9. The number of aliphatic hydroxyl groups is 1. The van der Waals surface area contributed by atoms with Gasteiger partial charge in [-0.2, -0.15) is 5.10 Å². The minimum Gasteiger partial charge on any atom is -0.387 e. The first-order valence-corrected chi connectivity index (χ1v) is 6.90. The summed E-state index contributed by atoms with van der Waals surface area (Å²) in [7, 11) is 8.07. The average Bonchev–Trinajstić information content (AvgIpc) is 2.64. The zero-order chi connectivity index (χ0) is 13.7. The Morgan fingerprint density at radius 3 is 2.44 bits per heavy atom. The largest absolute Gasteiger partial charge is 0.387 e. The van der Waals surface area contributed by atoms with Gasteiger partial charge in [0.1, 0.15) is 0 Å². The normalized spacial score (nSPS) is 13.6. The van der Waals surface area contributed by atoms with Gasteiger partial charge in [-0.3, -0.25) is 4.68 Å². The maximum absolute atomic E-state index is 10.3. The van der Waals surface area contributed by atoms with Gasteiger partial charge in [0, 0.05) is 13.1 Å². The smallest absolute Gasteiger partial charge is 0.0980 e. The molecule has 1 atom stereocenters. The Labute approximate surface area is 118 Å². The number of aliphatic hydroxyl groups excluding tert-OH is 1. The van der Waals surface area contributed by atoms with Crippen LogP contribution in [0.5, 0.6) is 0 Å². The lowest BCUT2D eigenvalue weighted by Crippen LogP contribution is -2.22. The topological polar surface area (TPSA) is 44.5 Å². The summed E-state index contributed by atoms with van der Waals surface area (Å²) < 4.78 is 2.76. The molecule has 104 valence electrons. The molecule has 0 bridgehead atoms. The number of halogens is 1. The lowest BCUT2D eigenvalue weighted by Gasteiger charge is -2.17. The molecule has 0 aromatic carbocycles. The van der Waals surface area contributed by atoms with E-state index in [-0.39, 0.29) is 0 Å². The highest BCUT2D eigenvalue weighted by Crippen LogP contribution is 2.25. The van der Waals surface area contributed by atoms with E-state index in [4.69, 9.17) is 0 Å². The van der Waals surface area contributed by atoms with Crippen LogP contribution in [0.3, 0.4) is 0 Å². The van der Waals surface area contributed by atoms with E-state index in [0.717, 1.165) is 29.8 Å². The van der Waals surface area contributed by atoms with Crippen LogP contribution < -0.4 is 0 Å². The Bertz CT molecular complexity index is 365. The monoisotopic (exact) mass is 318 g/mol. The first kappa shape index (κ1) is 15.6. The molecule has 0 spiro atoms. The van der Waals surface area contributed by atoms with Gasteiger partial charge in [0.25, 0.3) is 0 Å². The zero-order valence-electron chi connectivity index (χ0n) is 11.6. The summed E-state index contributed by atoms with van der Waals surface area (Å²) in [5.74, 6) is 0. The molecule has 0 aliphatic rings. The van der Waals surface area contributed by atoms with E-state index < -0.39 is 6.10 Å². The molecule has 1 aromatic rings. The molecule has 5 nitrogen and oxygen atoms in total. The Hall–Kier alpha value is -0.430. The third-order valence-corrected chi connectivity index (χ3v) is 3.37. The second kappa shape index (κ2) is 7.23. The number of hydrogen-bond acceptors (Lipinski definition) is 4. The minimum atomic E-state index is -0.480. The lowest BCUT2D eigenvalue weighted by molar-refractivity contribution is 0.142. The zero-order valence-corrected chi connectivity index (χ0v) is 13.2. The van der Waals surface area contributed by atoms with E-state index >= 15 is 0 Å². The molecule has 1 rings (SSSR count). The number of nitrogens with zero attached hydrogens (tertiary/aromatic N) is 4. The molecule has 18 heavy (non-hydrogen) atoms. The Kier molecular flexibility index (Phi) is 6.28. The fraction of sp³-hybridized carbons (Fsp3) is 0.750. The van der Waals surface area contributed by atoms with Crippen LogP contribution in [-0.2, 0) is 6.54 Å². The van der Waals surface area contributed by atoms with Gasteiger partial charge in [-0.1, -0.05) is 0 Å². The van der Waals surface area contributed by atoms with Crippen molar-refractivity contribution in [2.45, 2.75) is 19.1 Å². The molecule has 1 N–H and O–H groups in total. The standard InChI is InChI=1S/C12H23BrN4O/c1-15(2)6-5-11(18)12-10(13)9-14-17(12)8-7-16(3)4/h9,11,18H,5-8H2,1-4H3. The summed E-state index contributed by atoms with van der Waals surface area (Å²) in [6.45, 7) is 2.54. The van der Waals surface area contributed by atoms with Crippen molar-refractivity contribution in [3.05, 3.63) is 16.4 Å². The number of likely N-dealkylation sites (N-methyl/N-ethyl adjacent to an activating group) is 1. The van der Waals surface area contributed by atoms with E-state index in [1.807, 2.05) is 32.9 Å². The lowest BCUT2D eigenvalue weighted by atomic mass is 10.2. The van der Waals surface area contributed by atoms with Crippen LogP contribution in [0, 0.1) is 0 Å². The summed E-state index contributed by atoms with van der Waals surface area (Å²) in [4.78, 5) is 4.17. The van der Waals surface area contributed by atoms with Gasteiger partial charge in [0.2, 0.25) is 0 Å². The summed E-state index contributed by atoms with van der Waals surface area (Å²) in [5, 5.41) is 14.6. The number of hydrogen-bond donors (Lipinski definition) is 1. The molecule has 0 saturated carbocycles. The molecule has 6 heteroatoms. The van der Waals surface area contributed by atoms with E-state index in [1.165, 1.54) is 0 Å². The molecule has 0 amide bonds. The maximum Gasteiger partial charge on any atom is 0.0980 e. The van der Waals surface area contributed by atoms with Crippen LogP contribution in [0.25, 0.3) is 0 Å². The Morgan fingerprint density at radius 1 is 1.28 bits per heavy atom. The average molecular weight is 319 g/mol. The SMILES string of the molecule is CN(C)CCC(O)c1c(Br)cnn1CCN(C)C. The third-order valence-electron chi connectivity index (χ3n) is 2.76. The minimum absolute atomic E-state index is 0.480. The second-order valence-electron chi connectivity index (χ2n) is 5.01. The van der Waals surface area contributed by atoms with Crippen molar-refractivity contribution in [2.75, 3.05) is 41.3 Å². The fourth-order valence-corrected chi connectivity index (χ4v) is 2.25. The van der Waals surface area contributed by atoms with Crippen molar-refractivity contribution in [1.29, 1.82) is 0 Å². The van der Waals surface area contributed by atoms with E-state index in [9.17, 15) is 5.11 Å². The van der Waals surface area contributed by atoms with E-state index in [0.29, 0.717) is 6.42 Å². The van der Waals surface area contributed by atoms with Gasteiger partial charge in [-0.05, 0) is 50.5 Å². The van der Waals surface area contributed by atoms with Crippen LogP contribution in [0.4, 0.5) is 0 Å². The van der Waals surface area contributed by atoms with Crippen LogP contribution in [0.1, 0.15) is 18.2 Å². The summed E-state index contributed by atoms with van der Waals surface area (Å²) >= 11 is 3.46. The fourth-order valence-electron chi connectivity index (χ4n) is 1.69. The summed E-state index contributed by atoms with van der Waals surface area (Å²) in [5.41, 5.74) is 0.874. The molecule has 0 fully saturated rings. The van der Waals surface area contributed by atoms with Gasteiger partial charge in [0.15, 0.2) is 0 Å². The van der Waals surface area contributed by atoms with Crippen molar-refractivity contribution in [1.82, 2.24) is 19.6 Å². The van der Waals surface area contributed by atoms with Gasteiger partial charge in [-0.25, -0.2) is 0 Å². The van der Waals surface area contributed by atoms with Gasteiger partial charge in [0.05, 0.1) is 29.0 Å². The van der Waals surface area contributed by atoms with Gasteiger partial charge < -0.3 is 14.9 Å². The molecule has 0 aliphatic heterocycles. The predicted molar refractivity (Wildman–Crippen MR) is 76.6 cm³/mol. The molecule has 0 radical (unpaired) electrons. The molecule has 1 aromatic heterocycles. The molecule has 1 unspecified atom stereocenters. The molecular weight excluding hydrogens is 296 g/mol. The Balaban J connectivity index is 2.70. The Morgan fingerprint density at radius 2 is 1.89 bits per heavy atom. The van der Waals surface area contributed by atoms with E-state index in [2.05, 4.69) is 30.8 Å². The molecular formula is C12H23BrN4O. The predicted octanol–water partition coefficient (Wildman–Crippen LogP) is 1.19. The van der Waals surface area contributed by atoms with Crippen LogP contribution in [-0.4, -0.2) is 66.0 Å². The third kappa shape index (κ3) is 4.68. The highest BCUT2D eigenvalue weighted by Gasteiger charge is 2.17. The first-order valence-electron chi connectivity index (χ1n) is 6.10. The second-order valence-corrected chi connectivity index (χ2v) is 5.87. The van der Waals surface area contributed by atoms with Crippen molar-refractivity contribution in [3.63, 3.8) is 0 Å². The van der Waals surface area contributed by atoms with Crippen molar-refractivity contribution < 1.29 is 5.11 Å². The van der Waals surface area contributed by atoms with Crippen LogP contribution in [0.2, 0.25) is 0 Å². The van der Waals surface area contributed by atoms with Crippen molar-refractivity contribution in [2.24, 2.45) is 0 Å². The van der Waals surface area contributed by atoms with E-state index in [1.54, 1.807) is 6.20 Å². The first-order chi connectivity index (χ1) is 8.41. The number of aromatic nitrogens is 2. The maximum atomic E-state index is 10.3. The number of rotatable bonds is 7. The summed E-state index contributed by atoms with van der Waals surface area (Å²) in [6, 6.07) is 0. The van der Waals surface area contributed by atoms with Gasteiger partial charge >= 0.3 is 0 Å². The molecule has 0 saturated heterocycles. The molecule has 1 heterocycles.